The van der Waals surface area contributed by atoms with Crippen LogP contribution >= 0.6 is 0 Å². The van der Waals surface area contributed by atoms with E-state index in [9.17, 15) is 19.5 Å². The topological polar surface area (TPSA) is 102 Å². The maximum atomic E-state index is 12.8. The fourth-order valence-corrected chi connectivity index (χ4v) is 8.51. The molecule has 8 heteroatoms. The molecule has 400 valence electrons. The van der Waals surface area contributed by atoms with Crippen LogP contribution in [0.15, 0.2) is 60.8 Å². The first-order valence-corrected chi connectivity index (χ1v) is 28.8. The van der Waals surface area contributed by atoms with Crippen LogP contribution in [-0.2, 0) is 28.6 Å². The number of allylic oxidation sites excluding steroid dienone is 10. The molecule has 0 heterocycles. The molecule has 0 aromatic heterocycles. The van der Waals surface area contributed by atoms with Crippen LogP contribution in [0.25, 0.3) is 0 Å². The van der Waals surface area contributed by atoms with Crippen LogP contribution in [0.2, 0.25) is 0 Å². The van der Waals surface area contributed by atoms with Gasteiger partial charge in [-0.2, -0.15) is 0 Å². The van der Waals surface area contributed by atoms with Gasteiger partial charge in [-0.05, 0) is 57.8 Å². The van der Waals surface area contributed by atoms with Gasteiger partial charge in [0.2, 0.25) is 0 Å². The number of nitrogens with zero attached hydrogens (tertiary/aromatic N) is 1. The average Bonchev–Trinajstić information content (AvgIpc) is 3.31. The smallest absolute Gasteiger partial charge is 0.306 e. The third-order valence-electron chi connectivity index (χ3n) is 12.9. The summed E-state index contributed by atoms with van der Waals surface area (Å²) in [7, 11) is 5.42. The number of hydrogen-bond acceptors (Lipinski definition) is 7. The van der Waals surface area contributed by atoms with Gasteiger partial charge in [0.1, 0.15) is 12.6 Å². The van der Waals surface area contributed by atoms with Gasteiger partial charge < -0.3 is 28.6 Å². The number of carbonyl (C=O) groups excluding carboxylic acids is 3. The van der Waals surface area contributed by atoms with E-state index in [1.165, 1.54) is 141 Å². The fraction of sp³-hybridized carbons (Fsp3) is 0.787. The molecular weight excluding hydrogens is 859 g/mol. The Hall–Kier alpha value is -2.97. The van der Waals surface area contributed by atoms with E-state index < -0.39 is 18.1 Å². The minimum Gasteiger partial charge on any atom is -0.544 e. The summed E-state index contributed by atoms with van der Waals surface area (Å²) in [4.78, 5) is 37.2. The van der Waals surface area contributed by atoms with Gasteiger partial charge in [-0.15, -0.1) is 0 Å². The number of hydrogen-bond donors (Lipinski definition) is 0. The lowest BCUT2D eigenvalue weighted by Gasteiger charge is -2.34. The van der Waals surface area contributed by atoms with Crippen molar-refractivity contribution in [2.45, 2.75) is 270 Å². The van der Waals surface area contributed by atoms with Crippen LogP contribution in [0.5, 0.6) is 0 Å². The number of carbonyl (C=O) groups is 3. The molecule has 2 unspecified atom stereocenters. The second-order valence-corrected chi connectivity index (χ2v) is 20.5. The van der Waals surface area contributed by atoms with Crippen molar-refractivity contribution in [2.24, 2.45) is 0 Å². The number of unbranched alkanes of at least 4 members (excludes halogenated alkanes) is 28. The number of ether oxygens (including phenoxy) is 3. The zero-order valence-corrected chi connectivity index (χ0v) is 45.7. The Bertz CT molecular complexity index is 1310. The van der Waals surface area contributed by atoms with Crippen LogP contribution in [0.1, 0.15) is 258 Å². The third kappa shape index (κ3) is 49.8. The Morgan fingerprint density at radius 3 is 1.20 bits per heavy atom. The molecule has 0 aliphatic carbocycles. The minimum atomic E-state index is -1.13. The summed E-state index contributed by atoms with van der Waals surface area (Å²) in [6, 6.07) is -0.730. The van der Waals surface area contributed by atoms with E-state index in [1.807, 2.05) is 21.1 Å². The van der Waals surface area contributed by atoms with Gasteiger partial charge >= 0.3 is 11.9 Å². The minimum absolute atomic E-state index is 0.0367. The van der Waals surface area contributed by atoms with Crippen molar-refractivity contribution in [3.8, 4) is 0 Å². The maximum Gasteiger partial charge on any atom is 0.306 e. The molecule has 0 radical (unpaired) electrons. The monoisotopic (exact) mass is 968 g/mol. The highest BCUT2D eigenvalue weighted by atomic mass is 16.6. The lowest BCUT2D eigenvalue weighted by Crippen LogP contribution is -2.55. The van der Waals surface area contributed by atoms with Crippen molar-refractivity contribution < 1.29 is 38.2 Å². The fourth-order valence-electron chi connectivity index (χ4n) is 8.51. The summed E-state index contributed by atoms with van der Waals surface area (Å²) in [5.74, 6) is -1.74. The summed E-state index contributed by atoms with van der Waals surface area (Å²) in [6.45, 7) is 4.58. The van der Waals surface area contributed by atoms with Crippen LogP contribution in [0, 0.1) is 0 Å². The molecule has 0 aromatic rings. The molecule has 0 spiro atoms. The summed E-state index contributed by atoms with van der Waals surface area (Å²) in [6.07, 6.45) is 65.5. The number of aliphatic carboxylic acids is 1. The van der Waals surface area contributed by atoms with Crippen molar-refractivity contribution in [2.75, 3.05) is 41.0 Å². The van der Waals surface area contributed by atoms with Crippen LogP contribution in [0.4, 0.5) is 0 Å². The highest BCUT2D eigenvalue weighted by molar-refractivity contribution is 5.70. The molecule has 0 aromatic carbocycles. The predicted octanol–water partition coefficient (Wildman–Crippen LogP) is 15.9. The second-order valence-electron chi connectivity index (χ2n) is 20.5. The molecule has 0 saturated carbocycles. The molecule has 8 nitrogen and oxygen atoms in total. The third-order valence-corrected chi connectivity index (χ3v) is 12.9. The maximum absolute atomic E-state index is 12.8. The van der Waals surface area contributed by atoms with Crippen molar-refractivity contribution >= 4 is 17.9 Å². The first-order chi connectivity index (χ1) is 33.6. The summed E-state index contributed by atoms with van der Waals surface area (Å²) < 4.78 is 17.3. The van der Waals surface area contributed by atoms with E-state index in [-0.39, 0.29) is 42.7 Å². The number of rotatable bonds is 52. The molecule has 0 N–H and O–H groups in total. The lowest BCUT2D eigenvalue weighted by atomic mass is 10.0. The normalized spacial score (nSPS) is 13.2. The SMILES string of the molecule is CC/C=C/C/C=C/C/C=C/C/C=C/C/C=C/CCCCCCCCCC(=O)OC(COCCC(C(=O)[O-])[N+](C)(C)C)COC(=O)CCCCCCCCCCCCCCCCCCCCCCCC. The van der Waals surface area contributed by atoms with E-state index in [1.54, 1.807) is 0 Å². The van der Waals surface area contributed by atoms with Crippen molar-refractivity contribution in [3.63, 3.8) is 0 Å². The van der Waals surface area contributed by atoms with Crippen LogP contribution in [0.3, 0.4) is 0 Å². The number of carboxylic acids is 1. The standard InChI is InChI=1S/C61H109NO7/c1-6-8-10-12-14-16-18-20-22-24-26-28-30-32-34-36-38-40-42-44-46-48-50-52-60(64)69-57(55-67-54-53-58(61(65)66)62(3,4)5)56-68-59(63)51-49-47-45-43-41-39-37-35-33-31-29-27-25-23-21-19-17-15-13-11-9-7-2/h8,10,14,16,20,22,26,28,32,34,57-58H,6-7,9,11-13,15,17-19,21,23-25,27,29-31,33,35-56H2,1-5H3/b10-8+,16-14+,22-20+,28-26+,34-32+. The van der Waals surface area contributed by atoms with Gasteiger partial charge in [0, 0.05) is 19.3 Å². The van der Waals surface area contributed by atoms with Crippen LogP contribution < -0.4 is 5.11 Å². The van der Waals surface area contributed by atoms with Crippen molar-refractivity contribution in [1.29, 1.82) is 0 Å². The van der Waals surface area contributed by atoms with Gasteiger partial charge in [-0.25, -0.2) is 0 Å². The Labute approximate surface area is 426 Å². The molecule has 0 saturated heterocycles. The summed E-state index contributed by atoms with van der Waals surface area (Å²) in [5, 5.41) is 11.7. The van der Waals surface area contributed by atoms with Crippen LogP contribution in [-0.4, -0.2) is 75.5 Å². The van der Waals surface area contributed by atoms with Crippen molar-refractivity contribution in [1.82, 2.24) is 0 Å². The Balaban J connectivity index is 4.18. The van der Waals surface area contributed by atoms with Gasteiger partial charge in [0.05, 0.1) is 40.3 Å². The molecular formula is C61H109NO7. The molecule has 0 rings (SSSR count). The number of quaternary nitrogens is 1. The predicted molar refractivity (Wildman–Crippen MR) is 291 cm³/mol. The molecule has 2 atom stereocenters. The molecule has 0 aliphatic rings. The van der Waals surface area contributed by atoms with E-state index in [0.29, 0.717) is 12.8 Å². The zero-order valence-electron chi connectivity index (χ0n) is 45.7. The van der Waals surface area contributed by atoms with Gasteiger partial charge in [0.25, 0.3) is 0 Å². The Morgan fingerprint density at radius 2 is 0.812 bits per heavy atom. The lowest BCUT2D eigenvalue weighted by molar-refractivity contribution is -0.889. The first kappa shape index (κ1) is 66.0. The summed E-state index contributed by atoms with van der Waals surface area (Å²) >= 11 is 0. The zero-order chi connectivity index (χ0) is 50.6. The largest absolute Gasteiger partial charge is 0.544 e. The quantitative estimate of drug-likeness (QED) is 0.0259. The van der Waals surface area contributed by atoms with Gasteiger partial charge in [0.15, 0.2) is 6.10 Å². The summed E-state index contributed by atoms with van der Waals surface area (Å²) in [5.41, 5.74) is 0. The average molecular weight is 969 g/mol. The van der Waals surface area contributed by atoms with E-state index in [0.717, 1.165) is 83.5 Å². The Kier molecular flexibility index (Phi) is 49.2. The highest BCUT2D eigenvalue weighted by Gasteiger charge is 2.25. The number of esters is 2. The highest BCUT2D eigenvalue weighted by Crippen LogP contribution is 2.17. The van der Waals surface area contributed by atoms with E-state index >= 15 is 0 Å². The molecule has 0 aliphatic heterocycles. The van der Waals surface area contributed by atoms with E-state index in [4.69, 9.17) is 14.2 Å². The molecule has 69 heavy (non-hydrogen) atoms. The van der Waals surface area contributed by atoms with E-state index in [2.05, 4.69) is 74.6 Å². The molecule has 0 bridgehead atoms. The first-order valence-electron chi connectivity index (χ1n) is 28.8. The number of carboxylic acid groups (broad SMARTS) is 1. The molecule has 0 amide bonds. The van der Waals surface area contributed by atoms with Gasteiger partial charge in [-0.3, -0.25) is 9.59 Å². The van der Waals surface area contributed by atoms with Crippen molar-refractivity contribution in [3.05, 3.63) is 60.8 Å². The van der Waals surface area contributed by atoms with Gasteiger partial charge in [-0.1, -0.05) is 242 Å². The molecule has 0 fully saturated rings. The Morgan fingerprint density at radius 1 is 0.449 bits per heavy atom. The second kappa shape index (κ2) is 51.4. The number of likely N-dealkylation sites (N-methyl/N-ethyl adjacent to an activating group) is 1.